The van der Waals surface area contributed by atoms with Crippen LogP contribution in [0.15, 0.2) is 18.2 Å². The van der Waals surface area contributed by atoms with Crippen LogP contribution in [0.5, 0.6) is 0 Å². The second-order valence-electron chi connectivity index (χ2n) is 5.72. The molecule has 0 radical (unpaired) electrons. The van der Waals surface area contributed by atoms with Crippen molar-refractivity contribution in [2.24, 2.45) is 0 Å². The predicted molar refractivity (Wildman–Crippen MR) is 88.7 cm³/mol. The summed E-state index contributed by atoms with van der Waals surface area (Å²) in [6.07, 6.45) is 5.68. The van der Waals surface area contributed by atoms with Crippen LogP contribution in [-0.4, -0.2) is 21.1 Å². The highest BCUT2D eigenvalue weighted by Crippen LogP contribution is 2.23. The smallest absolute Gasteiger partial charge is 0.224 e. The fraction of sp³-hybridized carbons (Fsp3) is 0.562. The van der Waals surface area contributed by atoms with Crippen molar-refractivity contribution in [1.29, 1.82) is 0 Å². The summed E-state index contributed by atoms with van der Waals surface area (Å²) in [4.78, 5) is 11.9. The molecule has 21 heavy (non-hydrogen) atoms. The number of nitrogens with two attached hydrogens (primary N) is 1. The minimum Gasteiger partial charge on any atom is -0.399 e. The molecule has 1 saturated carbocycles. The second kappa shape index (κ2) is 7.59. The maximum atomic E-state index is 12.0. The van der Waals surface area contributed by atoms with E-state index in [2.05, 4.69) is 5.32 Å². The lowest BCUT2D eigenvalue weighted by molar-refractivity contribution is -0.116. The third-order valence-corrected chi connectivity index (χ3v) is 5.85. The van der Waals surface area contributed by atoms with E-state index < -0.39 is 10.8 Å². The Bertz CT molecular complexity index is 525. The van der Waals surface area contributed by atoms with E-state index in [9.17, 15) is 9.00 Å². The number of amides is 1. The van der Waals surface area contributed by atoms with E-state index in [1.807, 2.05) is 19.1 Å². The van der Waals surface area contributed by atoms with Crippen LogP contribution >= 0.6 is 0 Å². The number of carbonyl (C=O) groups is 1. The summed E-state index contributed by atoms with van der Waals surface area (Å²) in [6.45, 7) is 1.92. The molecule has 0 aromatic heterocycles. The lowest BCUT2D eigenvalue weighted by atomic mass is 10.1. The number of benzene rings is 1. The normalized spacial score (nSPS) is 16.8. The van der Waals surface area contributed by atoms with E-state index in [0.29, 0.717) is 29.5 Å². The molecular weight excluding hydrogens is 284 g/mol. The van der Waals surface area contributed by atoms with Crippen molar-refractivity contribution in [3.05, 3.63) is 23.8 Å². The molecule has 1 aliphatic carbocycles. The summed E-state index contributed by atoms with van der Waals surface area (Å²) in [5, 5.41) is 3.26. The molecule has 0 heterocycles. The lowest BCUT2D eigenvalue weighted by Gasteiger charge is -2.10. The zero-order valence-corrected chi connectivity index (χ0v) is 13.4. The molecule has 1 fully saturated rings. The van der Waals surface area contributed by atoms with Gasteiger partial charge in [-0.15, -0.1) is 0 Å². The summed E-state index contributed by atoms with van der Waals surface area (Å²) < 4.78 is 12.0. The monoisotopic (exact) mass is 308 g/mol. The molecule has 1 atom stereocenters. The molecule has 0 aliphatic heterocycles. The number of carbonyl (C=O) groups excluding carboxylic acids is 1. The lowest BCUT2D eigenvalue weighted by Crippen LogP contribution is -2.17. The Labute approximate surface area is 129 Å². The number of nitrogen functional groups attached to an aromatic ring is 1. The van der Waals surface area contributed by atoms with Crippen molar-refractivity contribution in [1.82, 2.24) is 0 Å². The fourth-order valence-electron chi connectivity index (χ4n) is 2.73. The van der Waals surface area contributed by atoms with Gasteiger partial charge in [0.05, 0.1) is 0 Å². The van der Waals surface area contributed by atoms with Gasteiger partial charge in [-0.3, -0.25) is 9.00 Å². The van der Waals surface area contributed by atoms with Crippen LogP contribution in [-0.2, 0) is 15.6 Å². The van der Waals surface area contributed by atoms with E-state index in [1.54, 1.807) is 6.07 Å². The molecule has 1 aromatic rings. The molecule has 5 heteroatoms. The molecule has 116 valence electrons. The number of aryl methyl sites for hydroxylation is 1. The van der Waals surface area contributed by atoms with Gasteiger partial charge in [-0.05, 0) is 49.9 Å². The van der Waals surface area contributed by atoms with Crippen LogP contribution in [0.1, 0.15) is 44.1 Å². The SMILES string of the molecule is Cc1cc(N)ccc1NC(=O)CCCS(=O)C1CCCC1. The molecule has 0 bridgehead atoms. The highest BCUT2D eigenvalue weighted by molar-refractivity contribution is 7.85. The highest BCUT2D eigenvalue weighted by atomic mass is 32.2. The average Bonchev–Trinajstić information content (AvgIpc) is 2.96. The number of nitrogens with one attached hydrogen (secondary N) is 1. The summed E-state index contributed by atoms with van der Waals surface area (Å²) in [5.41, 5.74) is 8.13. The Balaban J connectivity index is 1.73. The largest absolute Gasteiger partial charge is 0.399 e. The number of rotatable bonds is 6. The molecule has 1 unspecified atom stereocenters. The number of anilines is 2. The zero-order chi connectivity index (χ0) is 15.2. The molecule has 1 aliphatic rings. The zero-order valence-electron chi connectivity index (χ0n) is 12.6. The first kappa shape index (κ1) is 16.0. The van der Waals surface area contributed by atoms with Crippen molar-refractivity contribution in [3.8, 4) is 0 Å². The summed E-state index contributed by atoms with van der Waals surface area (Å²) in [7, 11) is -0.762. The average molecular weight is 308 g/mol. The van der Waals surface area contributed by atoms with E-state index in [4.69, 9.17) is 5.73 Å². The van der Waals surface area contributed by atoms with E-state index >= 15 is 0 Å². The molecule has 4 nitrogen and oxygen atoms in total. The molecule has 3 N–H and O–H groups in total. The third kappa shape index (κ3) is 4.84. The minimum atomic E-state index is -0.762. The van der Waals surface area contributed by atoms with Gasteiger partial charge < -0.3 is 11.1 Å². The van der Waals surface area contributed by atoms with Crippen LogP contribution in [0.25, 0.3) is 0 Å². The summed E-state index contributed by atoms with van der Waals surface area (Å²) in [6, 6.07) is 5.43. The maximum Gasteiger partial charge on any atom is 0.224 e. The van der Waals surface area contributed by atoms with Gasteiger partial charge >= 0.3 is 0 Å². The highest BCUT2D eigenvalue weighted by Gasteiger charge is 2.20. The van der Waals surface area contributed by atoms with Gasteiger partial charge in [0.1, 0.15) is 0 Å². The molecule has 1 aromatic carbocycles. The van der Waals surface area contributed by atoms with Gasteiger partial charge in [0.15, 0.2) is 0 Å². The Morgan fingerprint density at radius 3 is 2.76 bits per heavy atom. The van der Waals surface area contributed by atoms with E-state index in [1.165, 1.54) is 12.8 Å². The van der Waals surface area contributed by atoms with Gasteiger partial charge in [0.25, 0.3) is 0 Å². The Morgan fingerprint density at radius 1 is 1.38 bits per heavy atom. The Hall–Kier alpha value is -1.36. The molecule has 2 rings (SSSR count). The van der Waals surface area contributed by atoms with E-state index in [-0.39, 0.29) is 5.91 Å². The topological polar surface area (TPSA) is 72.2 Å². The number of hydrogen-bond acceptors (Lipinski definition) is 3. The van der Waals surface area contributed by atoms with Gasteiger partial charge in [-0.1, -0.05) is 12.8 Å². The van der Waals surface area contributed by atoms with Crippen LogP contribution in [0, 0.1) is 6.92 Å². The quantitative estimate of drug-likeness (QED) is 0.794. The van der Waals surface area contributed by atoms with Gasteiger partial charge in [0, 0.05) is 39.6 Å². The minimum absolute atomic E-state index is 0.0220. The standard InChI is InChI=1S/C16H24N2O2S/c1-12-11-13(17)8-9-15(12)18-16(19)7-4-10-21(20)14-5-2-3-6-14/h8-9,11,14H,2-7,10,17H2,1H3,(H,18,19). The van der Waals surface area contributed by atoms with Gasteiger partial charge in [0.2, 0.25) is 5.91 Å². The van der Waals surface area contributed by atoms with Crippen molar-refractivity contribution >= 4 is 28.1 Å². The first-order chi connectivity index (χ1) is 10.1. The van der Waals surface area contributed by atoms with Crippen LogP contribution in [0.3, 0.4) is 0 Å². The van der Waals surface area contributed by atoms with Crippen molar-refractivity contribution in [3.63, 3.8) is 0 Å². The van der Waals surface area contributed by atoms with Gasteiger partial charge in [-0.25, -0.2) is 0 Å². The third-order valence-electron chi connectivity index (χ3n) is 3.95. The molecular formula is C16H24N2O2S. The summed E-state index contributed by atoms with van der Waals surface area (Å²) in [5.74, 6) is 0.616. The fourth-order valence-corrected chi connectivity index (χ4v) is 4.35. The molecule has 0 spiro atoms. The van der Waals surface area contributed by atoms with Crippen molar-refractivity contribution < 1.29 is 9.00 Å². The Morgan fingerprint density at radius 2 is 2.10 bits per heavy atom. The van der Waals surface area contributed by atoms with Crippen molar-refractivity contribution in [2.45, 2.75) is 50.7 Å². The number of hydrogen-bond donors (Lipinski definition) is 2. The molecule has 1 amide bonds. The summed E-state index contributed by atoms with van der Waals surface area (Å²) >= 11 is 0. The van der Waals surface area contributed by atoms with E-state index in [0.717, 1.165) is 24.1 Å². The Kier molecular flexibility index (Phi) is 5.79. The molecule has 0 saturated heterocycles. The van der Waals surface area contributed by atoms with Crippen LogP contribution < -0.4 is 11.1 Å². The van der Waals surface area contributed by atoms with Crippen LogP contribution in [0.4, 0.5) is 11.4 Å². The first-order valence-electron chi connectivity index (χ1n) is 7.59. The van der Waals surface area contributed by atoms with Crippen molar-refractivity contribution in [2.75, 3.05) is 16.8 Å². The van der Waals surface area contributed by atoms with Gasteiger partial charge in [-0.2, -0.15) is 0 Å². The van der Waals surface area contributed by atoms with Crippen LogP contribution in [0.2, 0.25) is 0 Å². The maximum absolute atomic E-state index is 12.0. The predicted octanol–water partition coefficient (Wildman–Crippen LogP) is 2.99. The first-order valence-corrected chi connectivity index (χ1v) is 8.97. The second-order valence-corrected chi connectivity index (χ2v) is 7.55.